The van der Waals surface area contributed by atoms with E-state index < -0.39 is 0 Å². The van der Waals surface area contributed by atoms with Crippen LogP contribution in [0.2, 0.25) is 0 Å². The molecule has 0 aliphatic rings. The minimum absolute atomic E-state index is 0.916. The molecule has 0 radical (unpaired) electrons. The van der Waals surface area contributed by atoms with Crippen molar-refractivity contribution < 1.29 is 4.42 Å². The van der Waals surface area contributed by atoms with Gasteiger partial charge in [-0.1, -0.05) is 133 Å². The molecule has 10 rings (SSSR count). The summed E-state index contributed by atoms with van der Waals surface area (Å²) in [6.45, 7) is 0. The third-order valence-electron chi connectivity index (χ3n) is 10.0. The van der Waals surface area contributed by atoms with Gasteiger partial charge in [-0.15, -0.1) is 0 Å². The summed E-state index contributed by atoms with van der Waals surface area (Å²) in [5, 5.41) is 9.77. The summed E-state index contributed by atoms with van der Waals surface area (Å²) in [4.78, 5) is 2.37. The lowest BCUT2D eigenvalue weighted by Gasteiger charge is -2.28. The van der Waals surface area contributed by atoms with E-state index >= 15 is 0 Å². The van der Waals surface area contributed by atoms with Crippen molar-refractivity contribution in [3.05, 3.63) is 188 Å². The monoisotopic (exact) mass is 637 g/mol. The van der Waals surface area contributed by atoms with E-state index in [9.17, 15) is 0 Å². The smallest absolute Gasteiger partial charge is 0.136 e. The van der Waals surface area contributed by atoms with Crippen molar-refractivity contribution in [2.45, 2.75) is 0 Å². The quantitative estimate of drug-likeness (QED) is 0.175. The van der Waals surface area contributed by atoms with E-state index in [0.29, 0.717) is 0 Å². The molecule has 0 bridgehead atoms. The van der Waals surface area contributed by atoms with Gasteiger partial charge in [-0.2, -0.15) is 0 Å². The maximum absolute atomic E-state index is 6.37. The maximum Gasteiger partial charge on any atom is 0.136 e. The van der Waals surface area contributed by atoms with Crippen LogP contribution in [-0.4, -0.2) is 0 Å². The molecule has 1 heterocycles. The van der Waals surface area contributed by atoms with Gasteiger partial charge >= 0.3 is 0 Å². The lowest BCUT2D eigenvalue weighted by Crippen LogP contribution is -2.11. The van der Waals surface area contributed by atoms with Crippen LogP contribution in [0.4, 0.5) is 17.1 Å². The Labute approximate surface area is 290 Å². The van der Waals surface area contributed by atoms with Gasteiger partial charge in [-0.25, -0.2) is 0 Å². The second-order valence-electron chi connectivity index (χ2n) is 12.9. The lowest BCUT2D eigenvalue weighted by molar-refractivity contribution is 0.669. The predicted molar refractivity (Wildman–Crippen MR) is 212 cm³/mol. The molecule has 0 fully saturated rings. The molecule has 0 spiro atoms. The van der Waals surface area contributed by atoms with Crippen molar-refractivity contribution in [3.63, 3.8) is 0 Å². The molecule has 0 saturated carbocycles. The highest BCUT2D eigenvalue weighted by atomic mass is 16.3. The highest BCUT2D eigenvalue weighted by Gasteiger charge is 2.20. The summed E-state index contributed by atoms with van der Waals surface area (Å²) >= 11 is 0. The Hall–Kier alpha value is -6.64. The molecule has 9 aromatic carbocycles. The van der Waals surface area contributed by atoms with Crippen molar-refractivity contribution in [3.8, 4) is 22.3 Å². The highest BCUT2D eigenvalue weighted by molar-refractivity contribution is 6.34. The molecule has 0 aliphatic heterocycles. The van der Waals surface area contributed by atoms with Crippen LogP contribution in [0.15, 0.2) is 192 Å². The van der Waals surface area contributed by atoms with Gasteiger partial charge in [-0.05, 0) is 98.2 Å². The van der Waals surface area contributed by atoms with Crippen molar-refractivity contribution in [2.24, 2.45) is 0 Å². The Morgan fingerprint density at radius 2 is 0.880 bits per heavy atom. The molecule has 0 N–H and O–H groups in total. The molecular weight excluding hydrogens is 607 g/mol. The van der Waals surface area contributed by atoms with Gasteiger partial charge in [0.05, 0.1) is 5.69 Å². The number of rotatable bonds is 5. The molecular formula is C48H31NO. The first-order valence-corrected chi connectivity index (χ1v) is 17.1. The third-order valence-corrected chi connectivity index (χ3v) is 10.0. The van der Waals surface area contributed by atoms with Gasteiger partial charge in [0.15, 0.2) is 0 Å². The lowest BCUT2D eigenvalue weighted by atomic mass is 9.90. The zero-order valence-electron chi connectivity index (χ0n) is 27.3. The predicted octanol–water partition coefficient (Wildman–Crippen LogP) is 13.8. The molecule has 0 amide bonds. The average Bonchev–Trinajstić information content (AvgIpc) is 3.58. The summed E-state index contributed by atoms with van der Waals surface area (Å²) in [5.41, 5.74) is 9.92. The molecule has 0 aliphatic carbocycles. The van der Waals surface area contributed by atoms with Crippen molar-refractivity contribution >= 4 is 71.3 Å². The van der Waals surface area contributed by atoms with Crippen LogP contribution in [-0.2, 0) is 0 Å². The van der Waals surface area contributed by atoms with Gasteiger partial charge in [0.2, 0.25) is 0 Å². The summed E-state index contributed by atoms with van der Waals surface area (Å²) < 4.78 is 6.37. The molecule has 234 valence electrons. The normalized spacial score (nSPS) is 11.6. The molecule has 0 unspecified atom stereocenters. The first-order valence-electron chi connectivity index (χ1n) is 17.1. The standard InChI is InChI=1S/C48H31NO/c1-3-13-32(14-4-1)33-23-26-36(27-24-33)49(35-15-5-2-6-16-35)44-21-11-9-17-37(44)34-25-28-39-38-18-7-8-19-40(38)47-41(43(39)31-34)29-30-46-48(47)42-20-10-12-22-45(42)50-46/h1-31H. The van der Waals surface area contributed by atoms with Crippen LogP contribution in [0.25, 0.3) is 76.5 Å². The van der Waals surface area contributed by atoms with Crippen LogP contribution >= 0.6 is 0 Å². The fraction of sp³-hybridized carbons (Fsp3) is 0. The number of anilines is 3. The molecule has 2 heteroatoms. The SMILES string of the molecule is c1ccc(-c2ccc(N(c3ccccc3)c3ccccc3-c3ccc4c5ccccc5c5c(ccc6oc7ccccc7c65)c4c3)cc2)cc1. The molecule has 1 aromatic heterocycles. The van der Waals surface area contributed by atoms with Crippen molar-refractivity contribution in [1.29, 1.82) is 0 Å². The van der Waals surface area contributed by atoms with Gasteiger partial charge < -0.3 is 9.32 Å². The summed E-state index contributed by atoms with van der Waals surface area (Å²) in [6, 6.07) is 67.4. The molecule has 50 heavy (non-hydrogen) atoms. The Morgan fingerprint density at radius 3 is 1.70 bits per heavy atom. The van der Waals surface area contributed by atoms with E-state index in [1.54, 1.807) is 0 Å². The largest absolute Gasteiger partial charge is 0.456 e. The Balaban J connectivity index is 1.20. The summed E-state index contributed by atoms with van der Waals surface area (Å²) in [5.74, 6) is 0. The number of benzene rings is 9. The summed E-state index contributed by atoms with van der Waals surface area (Å²) in [6.07, 6.45) is 0. The minimum atomic E-state index is 0.916. The highest BCUT2D eigenvalue weighted by Crippen LogP contribution is 2.45. The van der Waals surface area contributed by atoms with Gasteiger partial charge in [0, 0.05) is 33.1 Å². The molecule has 2 nitrogen and oxygen atoms in total. The van der Waals surface area contributed by atoms with E-state index in [1.165, 1.54) is 60.0 Å². The minimum Gasteiger partial charge on any atom is -0.456 e. The second-order valence-corrected chi connectivity index (χ2v) is 12.9. The van der Waals surface area contributed by atoms with Crippen molar-refractivity contribution in [1.82, 2.24) is 0 Å². The van der Waals surface area contributed by atoms with Gasteiger partial charge in [0.1, 0.15) is 11.2 Å². The fourth-order valence-electron chi connectivity index (χ4n) is 7.78. The molecule has 0 saturated heterocycles. The number of fused-ring (bicyclic) bond motifs is 10. The van der Waals surface area contributed by atoms with Crippen LogP contribution in [0.1, 0.15) is 0 Å². The average molecular weight is 638 g/mol. The van der Waals surface area contributed by atoms with Gasteiger partial charge in [0.25, 0.3) is 0 Å². The topological polar surface area (TPSA) is 16.4 Å². The Kier molecular flexibility index (Phi) is 6.53. The van der Waals surface area contributed by atoms with Crippen molar-refractivity contribution in [2.75, 3.05) is 4.90 Å². The zero-order chi connectivity index (χ0) is 33.0. The Morgan fingerprint density at radius 1 is 0.320 bits per heavy atom. The number of hydrogen-bond donors (Lipinski definition) is 0. The molecule has 0 atom stereocenters. The van der Waals surface area contributed by atoms with E-state index in [-0.39, 0.29) is 0 Å². The number of para-hydroxylation sites is 3. The fourth-order valence-corrected chi connectivity index (χ4v) is 7.78. The van der Waals surface area contributed by atoms with Crippen LogP contribution in [0.5, 0.6) is 0 Å². The Bertz CT molecular complexity index is 2850. The van der Waals surface area contributed by atoms with Crippen LogP contribution < -0.4 is 4.90 Å². The molecule has 10 aromatic rings. The summed E-state index contributed by atoms with van der Waals surface area (Å²) in [7, 11) is 0. The van der Waals surface area contributed by atoms with E-state index in [0.717, 1.165) is 33.6 Å². The number of nitrogens with zero attached hydrogens (tertiary/aromatic N) is 1. The van der Waals surface area contributed by atoms with Crippen LogP contribution in [0.3, 0.4) is 0 Å². The van der Waals surface area contributed by atoms with E-state index in [1.807, 2.05) is 6.07 Å². The first-order chi connectivity index (χ1) is 24.8. The van der Waals surface area contributed by atoms with E-state index in [4.69, 9.17) is 4.42 Å². The second kappa shape index (κ2) is 11.5. The number of furan rings is 1. The zero-order valence-corrected chi connectivity index (χ0v) is 27.3. The number of hydrogen-bond acceptors (Lipinski definition) is 2. The van der Waals surface area contributed by atoms with E-state index in [2.05, 4.69) is 187 Å². The maximum atomic E-state index is 6.37. The first kappa shape index (κ1) is 28.4. The third kappa shape index (κ3) is 4.50. The van der Waals surface area contributed by atoms with Crippen LogP contribution in [0, 0.1) is 0 Å². The van der Waals surface area contributed by atoms with Gasteiger partial charge in [-0.3, -0.25) is 0 Å².